The van der Waals surface area contributed by atoms with E-state index in [1.54, 1.807) is 0 Å². The fourth-order valence-corrected chi connectivity index (χ4v) is 2.36. The highest BCUT2D eigenvalue weighted by molar-refractivity contribution is 5.56. The normalized spacial score (nSPS) is 16.5. The quantitative estimate of drug-likeness (QED) is 0.615. The van der Waals surface area contributed by atoms with Gasteiger partial charge in [0, 0.05) is 32.2 Å². The molecule has 0 amide bonds. The van der Waals surface area contributed by atoms with Crippen LogP contribution in [-0.4, -0.2) is 54.1 Å². The van der Waals surface area contributed by atoms with Crippen LogP contribution in [0.5, 0.6) is 5.75 Å². The Morgan fingerprint density at radius 2 is 2.00 bits per heavy atom. The number of nitro groups is 1. The molecule has 0 saturated carbocycles. The van der Waals surface area contributed by atoms with Gasteiger partial charge in [0.15, 0.2) is 11.6 Å². The predicted molar refractivity (Wildman–Crippen MR) is 76.4 cm³/mol. The molecule has 0 spiro atoms. The van der Waals surface area contributed by atoms with Gasteiger partial charge in [-0.05, 0) is 13.8 Å². The van der Waals surface area contributed by atoms with Crippen LogP contribution in [-0.2, 0) is 0 Å². The zero-order valence-electron chi connectivity index (χ0n) is 12.1. The number of piperazine rings is 1. The zero-order valence-corrected chi connectivity index (χ0v) is 12.1. The molecule has 1 fully saturated rings. The lowest BCUT2D eigenvalue weighted by molar-refractivity contribution is -0.385. The highest BCUT2D eigenvalue weighted by Crippen LogP contribution is 2.30. The lowest BCUT2D eigenvalue weighted by atomic mass is 10.2. The maximum Gasteiger partial charge on any atom is 0.291 e. The van der Waals surface area contributed by atoms with Gasteiger partial charge in [-0.3, -0.25) is 15.0 Å². The summed E-state index contributed by atoms with van der Waals surface area (Å²) in [6, 6.07) is 1.96. The van der Waals surface area contributed by atoms with Gasteiger partial charge in [-0.15, -0.1) is 0 Å². The molecule has 0 aliphatic carbocycles. The summed E-state index contributed by atoms with van der Waals surface area (Å²) in [6.45, 7) is 7.97. The molecule has 0 radical (unpaired) electrons. The van der Waals surface area contributed by atoms with E-state index in [0.29, 0.717) is 17.6 Å². The molecule has 2 rings (SSSR count). The van der Waals surface area contributed by atoms with Crippen LogP contribution in [0.1, 0.15) is 13.8 Å². The van der Waals surface area contributed by atoms with Gasteiger partial charge in [0.2, 0.25) is 0 Å². The standard InChI is InChI=1S/C13H20N4O3/c1-10(2)15-4-6-16(7-5-15)13-12(20-3)8-11(9-14-13)17(18)19/h8-10H,4-7H2,1-3H3. The van der Waals surface area contributed by atoms with Crippen molar-refractivity contribution in [1.29, 1.82) is 0 Å². The van der Waals surface area contributed by atoms with E-state index in [0.717, 1.165) is 26.2 Å². The molecule has 1 aliphatic heterocycles. The van der Waals surface area contributed by atoms with Gasteiger partial charge >= 0.3 is 0 Å². The molecule has 1 saturated heterocycles. The second-order valence-electron chi connectivity index (χ2n) is 5.09. The Balaban J connectivity index is 2.15. The summed E-state index contributed by atoms with van der Waals surface area (Å²) in [5.41, 5.74) is -0.0496. The first kappa shape index (κ1) is 14.5. The Labute approximate surface area is 118 Å². The van der Waals surface area contributed by atoms with Crippen molar-refractivity contribution < 1.29 is 9.66 Å². The van der Waals surface area contributed by atoms with Crippen LogP contribution in [0.2, 0.25) is 0 Å². The number of aromatic nitrogens is 1. The van der Waals surface area contributed by atoms with Crippen LogP contribution < -0.4 is 9.64 Å². The number of anilines is 1. The van der Waals surface area contributed by atoms with E-state index in [9.17, 15) is 10.1 Å². The minimum Gasteiger partial charge on any atom is -0.493 e. The molecule has 2 heterocycles. The smallest absolute Gasteiger partial charge is 0.291 e. The molecule has 0 aromatic carbocycles. The van der Waals surface area contributed by atoms with Crippen molar-refractivity contribution in [2.45, 2.75) is 19.9 Å². The van der Waals surface area contributed by atoms with Crippen molar-refractivity contribution in [3.8, 4) is 5.75 Å². The summed E-state index contributed by atoms with van der Waals surface area (Å²) in [4.78, 5) is 19.0. The number of hydrogen-bond donors (Lipinski definition) is 0. The summed E-state index contributed by atoms with van der Waals surface area (Å²) in [5.74, 6) is 1.14. The highest BCUT2D eigenvalue weighted by atomic mass is 16.6. The second-order valence-corrected chi connectivity index (χ2v) is 5.09. The lowest BCUT2D eigenvalue weighted by Gasteiger charge is -2.37. The number of nitrogens with zero attached hydrogens (tertiary/aromatic N) is 4. The fourth-order valence-electron chi connectivity index (χ4n) is 2.36. The Morgan fingerprint density at radius 3 is 2.50 bits per heavy atom. The molecule has 1 aromatic heterocycles. The average molecular weight is 280 g/mol. The van der Waals surface area contributed by atoms with Gasteiger partial charge in [0.1, 0.15) is 6.20 Å². The molecular formula is C13H20N4O3. The summed E-state index contributed by atoms with van der Waals surface area (Å²) < 4.78 is 5.24. The van der Waals surface area contributed by atoms with Crippen LogP contribution in [0.15, 0.2) is 12.3 Å². The minimum atomic E-state index is -0.462. The van der Waals surface area contributed by atoms with Crippen molar-refractivity contribution in [1.82, 2.24) is 9.88 Å². The van der Waals surface area contributed by atoms with E-state index in [1.807, 2.05) is 0 Å². The average Bonchev–Trinajstić information content (AvgIpc) is 2.46. The molecule has 110 valence electrons. The molecule has 7 nitrogen and oxygen atoms in total. The summed E-state index contributed by atoms with van der Waals surface area (Å²) in [7, 11) is 1.51. The number of hydrogen-bond acceptors (Lipinski definition) is 6. The molecule has 0 bridgehead atoms. The highest BCUT2D eigenvalue weighted by Gasteiger charge is 2.23. The number of ether oxygens (including phenoxy) is 1. The maximum atomic E-state index is 10.8. The Hall–Kier alpha value is -1.89. The van der Waals surface area contributed by atoms with E-state index in [1.165, 1.54) is 19.4 Å². The SMILES string of the molecule is COc1cc([N+](=O)[O-])cnc1N1CCN(C(C)C)CC1. The van der Waals surface area contributed by atoms with Gasteiger partial charge in [-0.1, -0.05) is 0 Å². The molecule has 0 unspecified atom stereocenters. The van der Waals surface area contributed by atoms with Crippen molar-refractivity contribution in [2.24, 2.45) is 0 Å². The summed E-state index contributed by atoms with van der Waals surface area (Å²) in [5, 5.41) is 10.8. The van der Waals surface area contributed by atoms with Crippen molar-refractivity contribution in [3.63, 3.8) is 0 Å². The van der Waals surface area contributed by atoms with Crippen LogP contribution >= 0.6 is 0 Å². The largest absolute Gasteiger partial charge is 0.493 e. The molecule has 1 aliphatic rings. The van der Waals surface area contributed by atoms with E-state index < -0.39 is 4.92 Å². The summed E-state index contributed by atoms with van der Waals surface area (Å²) in [6.07, 6.45) is 1.28. The van der Waals surface area contributed by atoms with Gasteiger partial charge < -0.3 is 9.64 Å². The third-order valence-electron chi connectivity index (χ3n) is 3.59. The zero-order chi connectivity index (χ0) is 14.7. The topological polar surface area (TPSA) is 71.7 Å². The van der Waals surface area contributed by atoms with Crippen LogP contribution in [0.4, 0.5) is 11.5 Å². The predicted octanol–water partition coefficient (Wildman–Crippen LogP) is 1.53. The second kappa shape index (κ2) is 6.04. The van der Waals surface area contributed by atoms with Crippen molar-refractivity contribution in [2.75, 3.05) is 38.2 Å². The number of pyridine rings is 1. The van der Waals surface area contributed by atoms with Crippen LogP contribution in [0, 0.1) is 10.1 Å². The van der Waals surface area contributed by atoms with Crippen molar-refractivity contribution in [3.05, 3.63) is 22.4 Å². The fraction of sp³-hybridized carbons (Fsp3) is 0.615. The molecule has 0 atom stereocenters. The molecule has 20 heavy (non-hydrogen) atoms. The molecular weight excluding hydrogens is 260 g/mol. The first-order valence-corrected chi connectivity index (χ1v) is 6.70. The van der Waals surface area contributed by atoms with Gasteiger partial charge in [-0.25, -0.2) is 4.98 Å². The van der Waals surface area contributed by atoms with Crippen LogP contribution in [0.3, 0.4) is 0 Å². The van der Waals surface area contributed by atoms with E-state index >= 15 is 0 Å². The minimum absolute atomic E-state index is 0.0496. The van der Waals surface area contributed by atoms with Gasteiger partial charge in [0.25, 0.3) is 5.69 Å². The Bertz CT molecular complexity index is 485. The maximum absolute atomic E-state index is 10.8. The van der Waals surface area contributed by atoms with Gasteiger partial charge in [-0.2, -0.15) is 0 Å². The van der Waals surface area contributed by atoms with Crippen LogP contribution in [0.25, 0.3) is 0 Å². The van der Waals surface area contributed by atoms with E-state index in [4.69, 9.17) is 4.74 Å². The number of rotatable bonds is 4. The first-order valence-electron chi connectivity index (χ1n) is 6.70. The third kappa shape index (κ3) is 2.98. The third-order valence-corrected chi connectivity index (χ3v) is 3.59. The monoisotopic (exact) mass is 280 g/mol. The molecule has 0 N–H and O–H groups in total. The lowest BCUT2D eigenvalue weighted by Crippen LogP contribution is -2.49. The Morgan fingerprint density at radius 1 is 1.35 bits per heavy atom. The molecule has 7 heteroatoms. The van der Waals surface area contributed by atoms with E-state index in [-0.39, 0.29) is 5.69 Å². The Kier molecular flexibility index (Phi) is 4.39. The van der Waals surface area contributed by atoms with Crippen molar-refractivity contribution >= 4 is 11.5 Å². The molecule has 1 aromatic rings. The van der Waals surface area contributed by atoms with E-state index in [2.05, 4.69) is 28.6 Å². The summed E-state index contributed by atoms with van der Waals surface area (Å²) >= 11 is 0. The first-order chi connectivity index (χ1) is 9.52. The number of methoxy groups -OCH3 is 1. The van der Waals surface area contributed by atoms with Gasteiger partial charge in [0.05, 0.1) is 18.1 Å².